The van der Waals surface area contributed by atoms with E-state index in [1.165, 1.54) is 12.1 Å². The Bertz CT molecular complexity index is 1040. The number of halogens is 3. The number of alkyl halides is 3. The van der Waals surface area contributed by atoms with Gasteiger partial charge in [-0.1, -0.05) is 0 Å². The molecule has 0 atom stereocenters. The number of phenolic OH excluding ortho intramolecular Hbond substituents is 2. The van der Waals surface area contributed by atoms with Crippen LogP contribution in [0.15, 0.2) is 42.6 Å². The van der Waals surface area contributed by atoms with Crippen molar-refractivity contribution in [2.75, 3.05) is 0 Å². The van der Waals surface area contributed by atoms with Crippen LogP contribution < -0.4 is 0 Å². The van der Waals surface area contributed by atoms with Crippen LogP contribution in [0, 0.1) is 10.1 Å². The van der Waals surface area contributed by atoms with Crippen molar-refractivity contribution in [1.82, 2.24) is 9.55 Å². The number of hydrogen-bond donors (Lipinski definition) is 2. The predicted octanol–water partition coefficient (Wildman–Crippen LogP) is 4.58. The van der Waals surface area contributed by atoms with Gasteiger partial charge < -0.3 is 14.8 Å². The molecule has 0 spiro atoms. The Labute approximate surface area is 156 Å². The van der Waals surface area contributed by atoms with Gasteiger partial charge in [0.2, 0.25) is 5.75 Å². The first-order valence-corrected chi connectivity index (χ1v) is 8.07. The zero-order chi connectivity index (χ0) is 20.6. The molecular formula is C18H14F3N3O4. The Morgan fingerprint density at radius 2 is 1.75 bits per heavy atom. The van der Waals surface area contributed by atoms with Crippen LogP contribution in [0.5, 0.6) is 11.5 Å². The minimum atomic E-state index is -4.54. The first-order valence-electron chi connectivity index (χ1n) is 8.07. The summed E-state index contributed by atoms with van der Waals surface area (Å²) in [4.78, 5) is 13.7. The molecule has 0 fully saturated rings. The third-order valence-electron chi connectivity index (χ3n) is 4.21. The maximum Gasteiger partial charge on any atom is 0.433 e. The highest BCUT2D eigenvalue weighted by Gasteiger charge is 2.32. The molecule has 0 aliphatic heterocycles. The van der Waals surface area contributed by atoms with Crippen LogP contribution in [0.1, 0.15) is 12.6 Å². The number of aromatic nitrogens is 2. The number of pyridine rings is 1. The maximum absolute atomic E-state index is 12.7. The van der Waals surface area contributed by atoms with Crippen molar-refractivity contribution in [2.45, 2.75) is 19.6 Å². The number of benzene rings is 1. The third kappa shape index (κ3) is 3.36. The molecular weight excluding hydrogens is 379 g/mol. The van der Waals surface area contributed by atoms with Crippen molar-refractivity contribution >= 4 is 5.69 Å². The van der Waals surface area contributed by atoms with Gasteiger partial charge in [0.1, 0.15) is 5.69 Å². The summed E-state index contributed by atoms with van der Waals surface area (Å²) >= 11 is 0. The van der Waals surface area contributed by atoms with E-state index in [4.69, 9.17) is 0 Å². The van der Waals surface area contributed by atoms with Gasteiger partial charge in [-0.3, -0.25) is 15.1 Å². The zero-order valence-electron chi connectivity index (χ0n) is 14.4. The molecule has 1 aromatic carbocycles. The number of aromatic hydroxyl groups is 2. The topological polar surface area (TPSA) is 101 Å². The Balaban J connectivity index is 2.10. The molecule has 0 aliphatic rings. The summed E-state index contributed by atoms with van der Waals surface area (Å²) < 4.78 is 39.8. The van der Waals surface area contributed by atoms with E-state index in [1.54, 1.807) is 23.6 Å². The van der Waals surface area contributed by atoms with Gasteiger partial charge in [-0.05, 0) is 37.3 Å². The maximum atomic E-state index is 12.7. The Hall–Kier alpha value is -3.56. The fraction of sp³-hybridized carbons (Fsp3) is 0.167. The van der Waals surface area contributed by atoms with Gasteiger partial charge in [0.15, 0.2) is 5.75 Å². The lowest BCUT2D eigenvalue weighted by atomic mass is 10.1. The largest absolute Gasteiger partial charge is 0.504 e. The quantitative estimate of drug-likeness (QED) is 0.384. The first-order chi connectivity index (χ1) is 13.1. The predicted molar refractivity (Wildman–Crippen MR) is 93.8 cm³/mol. The summed E-state index contributed by atoms with van der Waals surface area (Å²) in [5.41, 5.74) is 0.0695. The lowest BCUT2D eigenvalue weighted by Crippen LogP contribution is -2.07. The van der Waals surface area contributed by atoms with E-state index in [0.29, 0.717) is 23.5 Å². The normalized spacial score (nSPS) is 11.6. The molecule has 7 nitrogen and oxygen atoms in total. The number of nitrogens with zero attached hydrogens (tertiary/aromatic N) is 3. The lowest BCUT2D eigenvalue weighted by Gasteiger charge is -2.13. The summed E-state index contributed by atoms with van der Waals surface area (Å²) in [6.07, 6.45) is -3.44. The summed E-state index contributed by atoms with van der Waals surface area (Å²) in [6.45, 7) is 2.19. The summed E-state index contributed by atoms with van der Waals surface area (Å²) in [6, 6.07) is 7.71. The number of nitro benzene ring substituents is 1. The van der Waals surface area contributed by atoms with Crippen molar-refractivity contribution < 1.29 is 28.3 Å². The second-order valence-corrected chi connectivity index (χ2v) is 5.90. The molecule has 0 aliphatic carbocycles. The molecule has 0 saturated carbocycles. The van der Waals surface area contributed by atoms with Gasteiger partial charge in [-0.25, -0.2) is 0 Å². The number of phenols is 2. The number of rotatable bonds is 4. The van der Waals surface area contributed by atoms with Gasteiger partial charge in [0.25, 0.3) is 0 Å². The molecule has 3 rings (SSSR count). The molecule has 0 bridgehead atoms. The van der Waals surface area contributed by atoms with Crippen molar-refractivity contribution in [1.29, 1.82) is 0 Å². The van der Waals surface area contributed by atoms with Crippen LogP contribution in [0.25, 0.3) is 22.5 Å². The highest BCUT2D eigenvalue weighted by atomic mass is 19.4. The SMILES string of the molecule is CCn1c(-c2ccc(C(F)(F)F)nc2)ccc1-c1cc(O)c(O)c([N+](=O)[O-])c1. The van der Waals surface area contributed by atoms with E-state index in [2.05, 4.69) is 4.98 Å². The minimum Gasteiger partial charge on any atom is -0.504 e. The van der Waals surface area contributed by atoms with Crippen LogP contribution in [0.2, 0.25) is 0 Å². The molecule has 0 radical (unpaired) electrons. The molecule has 10 heteroatoms. The van der Waals surface area contributed by atoms with Gasteiger partial charge in [-0.15, -0.1) is 0 Å². The second kappa shape index (κ2) is 6.87. The molecule has 3 aromatic rings. The van der Waals surface area contributed by atoms with E-state index in [1.807, 2.05) is 0 Å². The smallest absolute Gasteiger partial charge is 0.433 e. The summed E-state index contributed by atoms with van der Waals surface area (Å²) in [5.74, 6) is -1.48. The standard InChI is InChI=1S/C18H14F3N3O4/c1-2-23-12(10-3-6-16(22-9-10)18(19,20)21)4-5-13(23)11-7-14(24(27)28)17(26)15(25)8-11/h3-9,25-26H,2H2,1H3. The summed E-state index contributed by atoms with van der Waals surface area (Å²) in [7, 11) is 0. The van der Waals surface area contributed by atoms with Crippen molar-refractivity contribution in [2.24, 2.45) is 0 Å². The van der Waals surface area contributed by atoms with E-state index < -0.39 is 34.0 Å². The van der Waals surface area contributed by atoms with Crippen molar-refractivity contribution in [3.05, 3.63) is 58.4 Å². The van der Waals surface area contributed by atoms with Crippen LogP contribution >= 0.6 is 0 Å². The monoisotopic (exact) mass is 393 g/mol. The van der Waals surface area contributed by atoms with Crippen LogP contribution in [-0.2, 0) is 12.7 Å². The lowest BCUT2D eigenvalue weighted by molar-refractivity contribution is -0.385. The zero-order valence-corrected chi connectivity index (χ0v) is 14.4. The van der Waals surface area contributed by atoms with Crippen LogP contribution in [0.3, 0.4) is 0 Å². The van der Waals surface area contributed by atoms with Crippen molar-refractivity contribution in [3.8, 4) is 34.0 Å². The highest BCUT2D eigenvalue weighted by molar-refractivity contribution is 5.74. The molecule has 2 N–H and O–H groups in total. The van der Waals surface area contributed by atoms with Crippen LogP contribution in [-0.4, -0.2) is 24.7 Å². The minimum absolute atomic E-state index is 0.273. The van der Waals surface area contributed by atoms with Gasteiger partial charge in [0.05, 0.1) is 10.6 Å². The fourth-order valence-corrected chi connectivity index (χ4v) is 2.92. The second-order valence-electron chi connectivity index (χ2n) is 5.90. The molecule has 2 heterocycles. The third-order valence-corrected chi connectivity index (χ3v) is 4.21. The van der Waals surface area contributed by atoms with E-state index in [0.717, 1.165) is 18.3 Å². The number of hydrogen-bond acceptors (Lipinski definition) is 5. The fourth-order valence-electron chi connectivity index (χ4n) is 2.92. The first kappa shape index (κ1) is 19.2. The Kier molecular flexibility index (Phi) is 4.72. The molecule has 2 aromatic heterocycles. The molecule has 28 heavy (non-hydrogen) atoms. The molecule has 146 valence electrons. The van der Waals surface area contributed by atoms with E-state index in [9.17, 15) is 33.5 Å². The van der Waals surface area contributed by atoms with Gasteiger partial charge in [0, 0.05) is 35.6 Å². The van der Waals surface area contributed by atoms with Gasteiger partial charge >= 0.3 is 11.9 Å². The molecule has 0 saturated heterocycles. The Morgan fingerprint density at radius 3 is 2.25 bits per heavy atom. The van der Waals surface area contributed by atoms with E-state index in [-0.39, 0.29) is 5.56 Å². The van der Waals surface area contributed by atoms with Crippen LogP contribution in [0.4, 0.5) is 18.9 Å². The van der Waals surface area contributed by atoms with Crippen molar-refractivity contribution in [3.63, 3.8) is 0 Å². The molecule has 0 amide bonds. The van der Waals surface area contributed by atoms with Gasteiger partial charge in [-0.2, -0.15) is 13.2 Å². The average molecular weight is 393 g/mol. The Morgan fingerprint density at radius 1 is 1.11 bits per heavy atom. The average Bonchev–Trinajstić information content (AvgIpc) is 3.07. The number of nitro groups is 1. The highest BCUT2D eigenvalue weighted by Crippen LogP contribution is 2.40. The summed E-state index contributed by atoms with van der Waals surface area (Å²) in [5, 5.41) is 30.5. The van der Waals surface area contributed by atoms with E-state index >= 15 is 0 Å². The molecule has 0 unspecified atom stereocenters.